The molecule has 0 bridgehead atoms. The van der Waals surface area contributed by atoms with E-state index in [0.717, 1.165) is 24.6 Å². The van der Waals surface area contributed by atoms with E-state index in [9.17, 15) is 4.39 Å². The Balaban J connectivity index is 2.12. The van der Waals surface area contributed by atoms with E-state index in [1.54, 1.807) is 6.07 Å². The summed E-state index contributed by atoms with van der Waals surface area (Å²) < 4.78 is 13.8. The first-order chi connectivity index (χ1) is 9.05. The second-order valence-corrected chi connectivity index (χ2v) is 6.14. The van der Waals surface area contributed by atoms with Gasteiger partial charge in [0.05, 0.1) is 0 Å². The molecule has 2 nitrogen and oxygen atoms in total. The zero-order valence-corrected chi connectivity index (χ0v) is 12.0. The molecule has 1 aromatic carbocycles. The summed E-state index contributed by atoms with van der Waals surface area (Å²) in [6.07, 6.45) is 3.12. The minimum Gasteiger partial charge on any atom is -0.329 e. The van der Waals surface area contributed by atoms with Gasteiger partial charge in [-0.3, -0.25) is 4.90 Å². The molecule has 0 amide bonds. The first-order valence-electron chi connectivity index (χ1n) is 7.24. The highest BCUT2D eigenvalue weighted by Gasteiger charge is 2.33. The highest BCUT2D eigenvalue weighted by molar-refractivity contribution is 5.20. The van der Waals surface area contributed by atoms with Crippen LogP contribution in [-0.2, 0) is 6.42 Å². The average molecular weight is 264 g/mol. The number of nitrogens with zero attached hydrogens (tertiary/aromatic N) is 1. The number of hydrogen-bond acceptors (Lipinski definition) is 2. The topological polar surface area (TPSA) is 29.3 Å². The number of rotatable bonds is 4. The molecule has 1 aliphatic rings. The van der Waals surface area contributed by atoms with Gasteiger partial charge in [-0.05, 0) is 56.8 Å². The van der Waals surface area contributed by atoms with Gasteiger partial charge >= 0.3 is 0 Å². The van der Waals surface area contributed by atoms with Crippen molar-refractivity contribution in [3.63, 3.8) is 0 Å². The van der Waals surface area contributed by atoms with Crippen LogP contribution in [0.3, 0.4) is 0 Å². The summed E-state index contributed by atoms with van der Waals surface area (Å²) in [6.45, 7) is 7.17. The van der Waals surface area contributed by atoms with Crippen LogP contribution < -0.4 is 5.73 Å². The molecule has 0 spiro atoms. The van der Waals surface area contributed by atoms with Gasteiger partial charge in [-0.2, -0.15) is 0 Å². The molecular weight excluding hydrogens is 239 g/mol. The molecule has 2 rings (SSSR count). The molecular formula is C16H25FN2. The van der Waals surface area contributed by atoms with Gasteiger partial charge in [0.2, 0.25) is 0 Å². The molecule has 1 unspecified atom stereocenters. The van der Waals surface area contributed by atoms with Gasteiger partial charge in [-0.25, -0.2) is 4.39 Å². The van der Waals surface area contributed by atoms with Crippen LogP contribution >= 0.6 is 0 Å². The highest BCUT2D eigenvalue weighted by atomic mass is 19.1. The zero-order valence-electron chi connectivity index (χ0n) is 12.0. The molecule has 0 saturated carbocycles. The monoisotopic (exact) mass is 264 g/mol. The number of piperidine rings is 1. The van der Waals surface area contributed by atoms with Gasteiger partial charge in [-0.1, -0.05) is 25.1 Å². The lowest BCUT2D eigenvalue weighted by molar-refractivity contribution is 0.0702. The summed E-state index contributed by atoms with van der Waals surface area (Å²) in [7, 11) is 0. The third kappa shape index (κ3) is 3.34. The fourth-order valence-corrected chi connectivity index (χ4v) is 2.91. The van der Waals surface area contributed by atoms with Gasteiger partial charge in [0.15, 0.2) is 0 Å². The maximum atomic E-state index is 13.8. The lowest BCUT2D eigenvalue weighted by Crippen LogP contribution is -2.55. The Labute approximate surface area is 115 Å². The Kier molecular flexibility index (Phi) is 4.58. The largest absolute Gasteiger partial charge is 0.329 e. The minimum absolute atomic E-state index is 0.118. The average Bonchev–Trinajstić information content (AvgIpc) is 2.42. The predicted octanol–water partition coefficient (Wildman–Crippen LogP) is 2.82. The zero-order chi connectivity index (χ0) is 13.9. The smallest absolute Gasteiger partial charge is 0.126 e. The van der Waals surface area contributed by atoms with Crippen molar-refractivity contribution in [3.8, 4) is 0 Å². The number of benzene rings is 1. The SMILES string of the molecule is CC1CCN(C(C)(CN)Cc2ccccc2F)CC1. The molecule has 1 fully saturated rings. The maximum Gasteiger partial charge on any atom is 0.126 e. The van der Waals surface area contributed by atoms with Crippen molar-refractivity contribution in [3.05, 3.63) is 35.6 Å². The summed E-state index contributed by atoms with van der Waals surface area (Å²) in [5.41, 5.74) is 6.64. The molecule has 3 heteroatoms. The number of halogens is 1. The van der Waals surface area contributed by atoms with E-state index >= 15 is 0 Å². The van der Waals surface area contributed by atoms with Gasteiger partial charge in [0.1, 0.15) is 5.82 Å². The van der Waals surface area contributed by atoms with Crippen LogP contribution in [-0.4, -0.2) is 30.1 Å². The molecule has 0 radical (unpaired) electrons. The molecule has 1 heterocycles. The van der Waals surface area contributed by atoms with Gasteiger partial charge < -0.3 is 5.73 Å². The number of nitrogens with two attached hydrogens (primary N) is 1. The van der Waals surface area contributed by atoms with E-state index < -0.39 is 0 Å². The van der Waals surface area contributed by atoms with E-state index in [-0.39, 0.29) is 11.4 Å². The first-order valence-corrected chi connectivity index (χ1v) is 7.24. The molecule has 1 aliphatic heterocycles. The van der Waals surface area contributed by atoms with Crippen molar-refractivity contribution in [2.24, 2.45) is 11.7 Å². The molecule has 2 N–H and O–H groups in total. The van der Waals surface area contributed by atoms with Crippen molar-refractivity contribution < 1.29 is 4.39 Å². The van der Waals surface area contributed by atoms with E-state index in [0.29, 0.717) is 13.0 Å². The molecule has 19 heavy (non-hydrogen) atoms. The van der Waals surface area contributed by atoms with Crippen molar-refractivity contribution >= 4 is 0 Å². The van der Waals surface area contributed by atoms with Gasteiger partial charge in [0.25, 0.3) is 0 Å². The summed E-state index contributed by atoms with van der Waals surface area (Å²) in [5, 5.41) is 0. The summed E-state index contributed by atoms with van der Waals surface area (Å²) in [4.78, 5) is 2.44. The van der Waals surface area contributed by atoms with Gasteiger partial charge in [-0.15, -0.1) is 0 Å². The second kappa shape index (κ2) is 6.02. The Hall–Kier alpha value is -0.930. The Morgan fingerprint density at radius 3 is 2.53 bits per heavy atom. The van der Waals surface area contributed by atoms with Crippen molar-refractivity contribution in [2.45, 2.75) is 38.6 Å². The summed E-state index contributed by atoms with van der Waals surface area (Å²) in [5.74, 6) is 0.680. The fourth-order valence-electron chi connectivity index (χ4n) is 2.91. The molecule has 0 aromatic heterocycles. The van der Waals surface area contributed by atoms with Crippen molar-refractivity contribution in [1.82, 2.24) is 4.90 Å². The van der Waals surface area contributed by atoms with Crippen molar-refractivity contribution in [1.29, 1.82) is 0 Å². The first kappa shape index (κ1) is 14.5. The van der Waals surface area contributed by atoms with Crippen LogP contribution in [0.1, 0.15) is 32.3 Å². The summed E-state index contributed by atoms with van der Waals surface area (Å²) >= 11 is 0. The summed E-state index contributed by atoms with van der Waals surface area (Å²) in [6, 6.07) is 7.04. The van der Waals surface area contributed by atoms with Crippen LogP contribution in [0, 0.1) is 11.7 Å². The highest BCUT2D eigenvalue weighted by Crippen LogP contribution is 2.27. The number of hydrogen-bond donors (Lipinski definition) is 1. The third-order valence-electron chi connectivity index (χ3n) is 4.52. The molecule has 1 atom stereocenters. The van der Waals surface area contributed by atoms with Crippen LogP contribution in [0.25, 0.3) is 0 Å². The van der Waals surface area contributed by atoms with Crippen LogP contribution in [0.15, 0.2) is 24.3 Å². The maximum absolute atomic E-state index is 13.8. The van der Waals surface area contributed by atoms with Gasteiger partial charge in [0, 0.05) is 12.1 Å². The normalized spacial score (nSPS) is 21.3. The fraction of sp³-hybridized carbons (Fsp3) is 0.625. The Bertz CT molecular complexity index is 413. The number of likely N-dealkylation sites (tertiary alicyclic amines) is 1. The lowest BCUT2D eigenvalue weighted by atomic mass is 9.87. The van der Waals surface area contributed by atoms with E-state index in [1.807, 2.05) is 12.1 Å². The Morgan fingerprint density at radius 2 is 1.95 bits per heavy atom. The van der Waals surface area contributed by atoms with Crippen LogP contribution in [0.5, 0.6) is 0 Å². The van der Waals surface area contributed by atoms with Crippen LogP contribution in [0.4, 0.5) is 4.39 Å². The van der Waals surface area contributed by atoms with E-state index in [1.165, 1.54) is 18.9 Å². The molecule has 0 aliphatic carbocycles. The molecule has 106 valence electrons. The quantitative estimate of drug-likeness (QED) is 0.906. The standard InChI is InChI=1S/C16H25FN2/c1-13-7-9-19(10-8-13)16(2,12-18)11-14-5-3-4-6-15(14)17/h3-6,13H,7-12,18H2,1-2H3. The minimum atomic E-state index is -0.137. The van der Waals surface area contributed by atoms with Crippen molar-refractivity contribution in [2.75, 3.05) is 19.6 Å². The van der Waals surface area contributed by atoms with E-state index in [4.69, 9.17) is 5.73 Å². The molecule has 1 aromatic rings. The lowest BCUT2D eigenvalue weighted by Gasteiger charge is -2.44. The van der Waals surface area contributed by atoms with Crippen LogP contribution in [0.2, 0.25) is 0 Å². The Morgan fingerprint density at radius 1 is 1.32 bits per heavy atom. The third-order valence-corrected chi connectivity index (χ3v) is 4.52. The predicted molar refractivity (Wildman–Crippen MR) is 77.5 cm³/mol. The van der Waals surface area contributed by atoms with E-state index in [2.05, 4.69) is 18.7 Å². The molecule has 1 saturated heterocycles. The second-order valence-electron chi connectivity index (χ2n) is 6.14.